The van der Waals surface area contributed by atoms with Crippen molar-refractivity contribution in [3.8, 4) is 0 Å². The molecule has 0 bridgehead atoms. The number of rotatable bonds is 2. The van der Waals surface area contributed by atoms with E-state index in [1.807, 2.05) is 0 Å². The van der Waals surface area contributed by atoms with Gasteiger partial charge in [0.15, 0.2) is 5.78 Å². The van der Waals surface area contributed by atoms with Crippen molar-refractivity contribution in [2.75, 3.05) is 6.54 Å². The van der Waals surface area contributed by atoms with E-state index in [0.717, 1.165) is 0 Å². The van der Waals surface area contributed by atoms with Gasteiger partial charge in [0, 0.05) is 0 Å². The zero-order chi connectivity index (χ0) is 11.6. The van der Waals surface area contributed by atoms with E-state index in [0.29, 0.717) is 18.2 Å². The molecule has 1 rings (SSSR count). The number of benzene rings is 1. The minimum absolute atomic E-state index is 0. The van der Waals surface area contributed by atoms with Crippen LogP contribution in [-0.4, -0.2) is 12.3 Å². The number of ketones is 1. The van der Waals surface area contributed by atoms with Crippen LogP contribution in [0, 0.1) is 5.82 Å². The fourth-order valence-corrected chi connectivity index (χ4v) is 1.03. The molecule has 0 saturated heterocycles. The van der Waals surface area contributed by atoms with E-state index in [9.17, 15) is 22.4 Å². The minimum atomic E-state index is -4.60. The molecule has 0 unspecified atom stereocenters. The third kappa shape index (κ3) is 3.18. The lowest BCUT2D eigenvalue weighted by Crippen LogP contribution is -2.16. The summed E-state index contributed by atoms with van der Waals surface area (Å²) in [4.78, 5) is 11.0. The highest BCUT2D eigenvalue weighted by Gasteiger charge is 2.31. The maximum absolute atomic E-state index is 13.0. The standard InChI is InChI=1S/C9H7F4NO.ClH/c10-7-2-1-5(9(11,12)13)3-6(7)8(15)4-14;/h1-3H,4,14H2;1H. The number of halogens is 5. The number of alkyl halides is 3. The Labute approximate surface area is 94.8 Å². The quantitative estimate of drug-likeness (QED) is 0.653. The Morgan fingerprint density at radius 2 is 1.88 bits per heavy atom. The van der Waals surface area contributed by atoms with E-state index < -0.39 is 35.4 Å². The van der Waals surface area contributed by atoms with E-state index in [2.05, 4.69) is 0 Å². The Hall–Kier alpha value is -1.14. The molecule has 0 aliphatic heterocycles. The third-order valence-electron chi connectivity index (χ3n) is 1.78. The maximum Gasteiger partial charge on any atom is 0.416 e. The lowest BCUT2D eigenvalue weighted by Gasteiger charge is -2.08. The summed E-state index contributed by atoms with van der Waals surface area (Å²) < 4.78 is 49.6. The van der Waals surface area contributed by atoms with Gasteiger partial charge in [-0.2, -0.15) is 13.2 Å². The monoisotopic (exact) mass is 257 g/mol. The van der Waals surface area contributed by atoms with Crippen molar-refractivity contribution in [2.24, 2.45) is 5.73 Å². The van der Waals surface area contributed by atoms with E-state index in [1.54, 1.807) is 0 Å². The number of carbonyl (C=O) groups is 1. The Kier molecular flexibility index (Phi) is 4.89. The summed E-state index contributed by atoms with van der Waals surface area (Å²) in [5, 5.41) is 0. The molecule has 16 heavy (non-hydrogen) atoms. The summed E-state index contributed by atoms with van der Waals surface area (Å²) in [6.45, 7) is -0.530. The normalized spacial score (nSPS) is 10.8. The number of nitrogens with two attached hydrogens (primary N) is 1. The van der Waals surface area contributed by atoms with Crippen LogP contribution in [0.1, 0.15) is 15.9 Å². The first-order chi connectivity index (χ1) is 6.86. The largest absolute Gasteiger partial charge is 0.416 e. The van der Waals surface area contributed by atoms with Crippen LogP contribution in [-0.2, 0) is 6.18 Å². The first kappa shape index (κ1) is 14.9. The molecule has 0 heterocycles. The van der Waals surface area contributed by atoms with E-state index in [-0.39, 0.29) is 12.4 Å². The molecule has 1 aromatic rings. The van der Waals surface area contributed by atoms with Gasteiger partial charge in [0.2, 0.25) is 0 Å². The van der Waals surface area contributed by atoms with Crippen LogP contribution < -0.4 is 5.73 Å². The van der Waals surface area contributed by atoms with Gasteiger partial charge in [0.25, 0.3) is 0 Å². The minimum Gasteiger partial charge on any atom is -0.324 e. The molecule has 0 radical (unpaired) electrons. The number of carbonyl (C=O) groups excluding carboxylic acids is 1. The summed E-state index contributed by atoms with van der Waals surface area (Å²) in [6.07, 6.45) is -4.60. The summed E-state index contributed by atoms with van der Waals surface area (Å²) in [6, 6.07) is 1.64. The highest BCUT2D eigenvalue weighted by atomic mass is 35.5. The van der Waals surface area contributed by atoms with Gasteiger partial charge in [-0.1, -0.05) is 0 Å². The molecule has 0 fully saturated rings. The Morgan fingerprint density at radius 3 is 2.31 bits per heavy atom. The first-order valence-corrected chi connectivity index (χ1v) is 3.96. The highest BCUT2D eigenvalue weighted by molar-refractivity contribution is 5.97. The molecule has 0 aromatic heterocycles. The van der Waals surface area contributed by atoms with Crippen LogP contribution in [0.4, 0.5) is 17.6 Å². The summed E-state index contributed by atoms with van der Waals surface area (Å²) in [5.74, 6) is -1.86. The van der Waals surface area contributed by atoms with Gasteiger partial charge >= 0.3 is 6.18 Å². The zero-order valence-electron chi connectivity index (χ0n) is 7.84. The first-order valence-electron chi connectivity index (χ1n) is 3.96. The van der Waals surface area contributed by atoms with Crippen molar-refractivity contribution in [1.82, 2.24) is 0 Å². The van der Waals surface area contributed by atoms with E-state index >= 15 is 0 Å². The van der Waals surface area contributed by atoms with E-state index in [1.165, 1.54) is 0 Å². The topological polar surface area (TPSA) is 43.1 Å². The average molecular weight is 258 g/mol. The maximum atomic E-state index is 13.0. The SMILES string of the molecule is Cl.NCC(=O)c1cc(C(F)(F)F)ccc1F. The second kappa shape index (κ2) is 5.27. The van der Waals surface area contributed by atoms with Crippen molar-refractivity contribution in [1.29, 1.82) is 0 Å². The van der Waals surface area contributed by atoms with Crippen LogP contribution in [0.25, 0.3) is 0 Å². The molecule has 7 heteroatoms. The molecule has 0 amide bonds. The summed E-state index contributed by atoms with van der Waals surface area (Å²) in [5.41, 5.74) is 3.23. The molecular weight excluding hydrogens is 250 g/mol. The van der Waals surface area contributed by atoms with Gasteiger partial charge < -0.3 is 5.73 Å². The van der Waals surface area contributed by atoms with Crippen LogP contribution in [0.15, 0.2) is 18.2 Å². The third-order valence-corrected chi connectivity index (χ3v) is 1.78. The van der Waals surface area contributed by atoms with Gasteiger partial charge in [0.05, 0.1) is 17.7 Å². The lowest BCUT2D eigenvalue weighted by molar-refractivity contribution is -0.137. The van der Waals surface area contributed by atoms with Crippen molar-refractivity contribution < 1.29 is 22.4 Å². The molecule has 0 aliphatic rings. The number of hydrogen-bond acceptors (Lipinski definition) is 2. The molecule has 0 spiro atoms. The number of hydrogen-bond donors (Lipinski definition) is 1. The molecule has 90 valence electrons. The molecule has 0 atom stereocenters. The van der Waals surface area contributed by atoms with Crippen molar-refractivity contribution in [2.45, 2.75) is 6.18 Å². The summed E-state index contributed by atoms with van der Waals surface area (Å²) >= 11 is 0. The van der Waals surface area contributed by atoms with Gasteiger partial charge in [0.1, 0.15) is 5.82 Å². The Balaban J connectivity index is 0.00000225. The van der Waals surface area contributed by atoms with Crippen LogP contribution in [0.2, 0.25) is 0 Å². The lowest BCUT2D eigenvalue weighted by atomic mass is 10.1. The van der Waals surface area contributed by atoms with Crippen molar-refractivity contribution in [3.63, 3.8) is 0 Å². The second-order valence-electron chi connectivity index (χ2n) is 2.82. The molecule has 2 nitrogen and oxygen atoms in total. The molecule has 1 aromatic carbocycles. The average Bonchev–Trinajstić information content (AvgIpc) is 2.15. The smallest absolute Gasteiger partial charge is 0.324 e. The summed E-state index contributed by atoms with van der Waals surface area (Å²) in [7, 11) is 0. The molecule has 0 saturated carbocycles. The molecule has 0 aliphatic carbocycles. The van der Waals surface area contributed by atoms with E-state index in [4.69, 9.17) is 5.73 Å². The van der Waals surface area contributed by atoms with Crippen LogP contribution >= 0.6 is 12.4 Å². The predicted molar refractivity (Wildman–Crippen MR) is 52.0 cm³/mol. The van der Waals surface area contributed by atoms with Gasteiger partial charge in [-0.05, 0) is 18.2 Å². The Morgan fingerprint density at radius 1 is 1.31 bits per heavy atom. The molecular formula is C9H8ClF4NO. The second-order valence-corrected chi connectivity index (χ2v) is 2.82. The zero-order valence-corrected chi connectivity index (χ0v) is 8.66. The fraction of sp³-hybridized carbons (Fsp3) is 0.222. The predicted octanol–water partition coefficient (Wildman–Crippen LogP) is 2.41. The van der Waals surface area contributed by atoms with Crippen LogP contribution in [0.5, 0.6) is 0 Å². The van der Waals surface area contributed by atoms with Crippen molar-refractivity contribution >= 4 is 18.2 Å². The van der Waals surface area contributed by atoms with Gasteiger partial charge in [-0.15, -0.1) is 12.4 Å². The van der Waals surface area contributed by atoms with Gasteiger partial charge in [-0.3, -0.25) is 4.79 Å². The number of Topliss-reactive ketones (excluding diaryl/α,β-unsaturated/α-hetero) is 1. The van der Waals surface area contributed by atoms with Crippen molar-refractivity contribution in [3.05, 3.63) is 35.1 Å². The van der Waals surface area contributed by atoms with Crippen LogP contribution in [0.3, 0.4) is 0 Å². The van der Waals surface area contributed by atoms with Gasteiger partial charge in [-0.25, -0.2) is 4.39 Å². The molecule has 2 N–H and O–H groups in total. The Bertz CT molecular complexity index is 392. The highest BCUT2D eigenvalue weighted by Crippen LogP contribution is 2.30. The fourth-order valence-electron chi connectivity index (χ4n) is 1.03.